The lowest BCUT2D eigenvalue weighted by molar-refractivity contribution is -0.387. The first-order valence-electron chi connectivity index (χ1n) is 7.66. The van der Waals surface area contributed by atoms with Gasteiger partial charge in [-0.25, -0.2) is 0 Å². The largest absolute Gasteiger partial charge is 0.327 e. The van der Waals surface area contributed by atoms with E-state index in [0.29, 0.717) is 0 Å². The van der Waals surface area contributed by atoms with Crippen LogP contribution in [0.3, 0.4) is 0 Å². The summed E-state index contributed by atoms with van der Waals surface area (Å²) in [6, 6.07) is 8.57. The molecule has 7 heteroatoms. The van der Waals surface area contributed by atoms with Crippen molar-refractivity contribution in [2.24, 2.45) is 0 Å². The maximum Gasteiger partial charge on any atom is 0.304 e. The Morgan fingerprint density at radius 2 is 2.12 bits per heavy atom. The van der Waals surface area contributed by atoms with Crippen molar-refractivity contribution in [2.75, 3.05) is 0 Å². The van der Waals surface area contributed by atoms with Gasteiger partial charge in [0.15, 0.2) is 0 Å². The van der Waals surface area contributed by atoms with Gasteiger partial charge in [0.2, 0.25) is 5.82 Å². The highest BCUT2D eigenvalue weighted by Gasteiger charge is 2.37. The van der Waals surface area contributed by atoms with Crippen LogP contribution in [0.15, 0.2) is 42.6 Å². The molecule has 124 valence electrons. The number of rotatable bonds is 5. The zero-order valence-electron chi connectivity index (χ0n) is 13.1. The molecule has 6 nitrogen and oxygen atoms in total. The minimum Gasteiger partial charge on any atom is -0.327 e. The standard InChI is InChI=1S/C17H16FN3O3/c1-11(15-4-2-3-9-19-15)20(13-6-7-13)17(22)12-5-8-16(21(23)24)14(18)10-12/h2-5,8-11,13H,6-7H2,1H3. The minimum absolute atomic E-state index is 0.0905. The maximum atomic E-state index is 13.8. The van der Waals surface area contributed by atoms with E-state index in [2.05, 4.69) is 4.98 Å². The van der Waals surface area contributed by atoms with Crippen molar-refractivity contribution in [3.63, 3.8) is 0 Å². The Labute approximate surface area is 138 Å². The van der Waals surface area contributed by atoms with Crippen LogP contribution in [0.1, 0.15) is 41.9 Å². The van der Waals surface area contributed by atoms with Crippen molar-refractivity contribution in [3.05, 3.63) is 69.8 Å². The van der Waals surface area contributed by atoms with Crippen molar-refractivity contribution in [1.29, 1.82) is 0 Å². The fourth-order valence-electron chi connectivity index (χ4n) is 2.71. The van der Waals surface area contributed by atoms with Gasteiger partial charge < -0.3 is 4.90 Å². The third-order valence-electron chi connectivity index (χ3n) is 4.10. The number of halogens is 1. The van der Waals surface area contributed by atoms with Crippen LogP contribution in [0.2, 0.25) is 0 Å². The third kappa shape index (κ3) is 3.10. The maximum absolute atomic E-state index is 13.8. The van der Waals surface area contributed by atoms with Gasteiger partial charge in [-0.3, -0.25) is 19.9 Å². The van der Waals surface area contributed by atoms with Crippen molar-refractivity contribution in [2.45, 2.75) is 31.8 Å². The molecule has 1 amide bonds. The molecule has 1 heterocycles. The van der Waals surface area contributed by atoms with Gasteiger partial charge in [-0.1, -0.05) is 6.07 Å². The van der Waals surface area contributed by atoms with Crippen molar-refractivity contribution >= 4 is 11.6 Å². The highest BCUT2D eigenvalue weighted by atomic mass is 19.1. The van der Waals surface area contributed by atoms with Gasteiger partial charge in [0, 0.05) is 23.9 Å². The molecule has 0 radical (unpaired) electrons. The van der Waals surface area contributed by atoms with Crippen LogP contribution in [-0.4, -0.2) is 26.8 Å². The molecule has 1 atom stereocenters. The van der Waals surface area contributed by atoms with Gasteiger partial charge in [0.25, 0.3) is 5.91 Å². The van der Waals surface area contributed by atoms with E-state index in [1.54, 1.807) is 17.2 Å². The number of amides is 1. The first kappa shape index (κ1) is 16.0. The molecule has 1 aromatic heterocycles. The second-order valence-corrected chi connectivity index (χ2v) is 5.80. The summed E-state index contributed by atoms with van der Waals surface area (Å²) >= 11 is 0. The molecular weight excluding hydrogens is 313 g/mol. The first-order valence-corrected chi connectivity index (χ1v) is 7.66. The van der Waals surface area contributed by atoms with Crippen molar-refractivity contribution < 1.29 is 14.1 Å². The fraction of sp³-hybridized carbons (Fsp3) is 0.294. The molecule has 1 unspecified atom stereocenters. The third-order valence-corrected chi connectivity index (χ3v) is 4.10. The van der Waals surface area contributed by atoms with Gasteiger partial charge in [-0.15, -0.1) is 0 Å². The molecule has 3 rings (SSSR count). The molecule has 0 bridgehead atoms. The van der Waals surface area contributed by atoms with Crippen LogP contribution in [0.4, 0.5) is 10.1 Å². The summed E-state index contributed by atoms with van der Waals surface area (Å²) in [6.07, 6.45) is 3.43. The number of hydrogen-bond donors (Lipinski definition) is 0. The number of carbonyl (C=O) groups excluding carboxylic acids is 1. The summed E-state index contributed by atoms with van der Waals surface area (Å²) < 4.78 is 13.8. The molecule has 1 fully saturated rings. The van der Waals surface area contributed by atoms with Gasteiger partial charge in [0.1, 0.15) is 0 Å². The molecule has 0 N–H and O–H groups in total. The Hall–Kier alpha value is -2.83. The molecule has 1 aliphatic carbocycles. The van der Waals surface area contributed by atoms with Crippen LogP contribution in [0, 0.1) is 15.9 Å². The lowest BCUT2D eigenvalue weighted by Gasteiger charge is -2.29. The molecular formula is C17H16FN3O3. The average Bonchev–Trinajstić information content (AvgIpc) is 3.40. The van der Waals surface area contributed by atoms with Crippen LogP contribution in [0.25, 0.3) is 0 Å². The SMILES string of the molecule is CC(c1ccccn1)N(C(=O)c1ccc([N+](=O)[O-])c(F)c1)C1CC1. The van der Waals surface area contributed by atoms with E-state index in [-0.39, 0.29) is 23.6 Å². The number of pyridine rings is 1. The molecule has 2 aromatic rings. The van der Waals surface area contributed by atoms with Gasteiger partial charge in [-0.2, -0.15) is 4.39 Å². The number of nitrogens with zero attached hydrogens (tertiary/aromatic N) is 3. The summed E-state index contributed by atoms with van der Waals surface area (Å²) in [6.45, 7) is 1.88. The Kier molecular flexibility index (Phi) is 4.24. The summed E-state index contributed by atoms with van der Waals surface area (Å²) in [5, 5.41) is 10.7. The lowest BCUT2D eigenvalue weighted by Crippen LogP contribution is -2.36. The molecule has 1 saturated carbocycles. The second kappa shape index (κ2) is 6.35. The molecule has 1 aliphatic rings. The normalized spacial score (nSPS) is 14.9. The molecule has 24 heavy (non-hydrogen) atoms. The summed E-state index contributed by atoms with van der Waals surface area (Å²) in [7, 11) is 0. The molecule has 0 saturated heterocycles. The number of nitro benzene ring substituents is 1. The smallest absolute Gasteiger partial charge is 0.304 e. The van der Waals surface area contributed by atoms with Crippen molar-refractivity contribution in [3.8, 4) is 0 Å². The van der Waals surface area contributed by atoms with Gasteiger partial charge in [-0.05, 0) is 44.0 Å². The van der Waals surface area contributed by atoms with E-state index in [0.717, 1.165) is 30.7 Å². The topological polar surface area (TPSA) is 76.3 Å². The first-order chi connectivity index (χ1) is 11.5. The van der Waals surface area contributed by atoms with Crippen molar-refractivity contribution in [1.82, 2.24) is 9.88 Å². The van der Waals surface area contributed by atoms with Gasteiger partial charge >= 0.3 is 5.69 Å². The second-order valence-electron chi connectivity index (χ2n) is 5.80. The van der Waals surface area contributed by atoms with Gasteiger partial charge in [0.05, 0.1) is 16.7 Å². The highest BCUT2D eigenvalue weighted by molar-refractivity contribution is 5.95. The Morgan fingerprint density at radius 1 is 1.38 bits per heavy atom. The quantitative estimate of drug-likeness (QED) is 0.621. The van der Waals surface area contributed by atoms with E-state index in [1.165, 1.54) is 6.07 Å². The monoisotopic (exact) mass is 329 g/mol. The minimum atomic E-state index is -1.01. The number of hydrogen-bond acceptors (Lipinski definition) is 4. The van der Waals surface area contributed by atoms with Crippen LogP contribution in [-0.2, 0) is 0 Å². The molecule has 0 spiro atoms. The number of aromatic nitrogens is 1. The van der Waals surface area contributed by atoms with Crippen LogP contribution in [0.5, 0.6) is 0 Å². The highest BCUT2D eigenvalue weighted by Crippen LogP contribution is 2.35. The predicted molar refractivity (Wildman–Crippen MR) is 84.9 cm³/mol. The molecule has 1 aromatic carbocycles. The number of nitro groups is 1. The van der Waals surface area contributed by atoms with E-state index in [1.807, 2.05) is 19.1 Å². The molecule has 0 aliphatic heterocycles. The number of carbonyl (C=O) groups is 1. The summed E-state index contributed by atoms with van der Waals surface area (Å²) in [4.78, 5) is 28.7. The Morgan fingerprint density at radius 3 is 2.67 bits per heavy atom. The van der Waals surface area contributed by atoms with E-state index >= 15 is 0 Å². The van der Waals surface area contributed by atoms with E-state index in [9.17, 15) is 19.3 Å². The zero-order chi connectivity index (χ0) is 17.3. The van der Waals surface area contributed by atoms with E-state index < -0.39 is 16.4 Å². The Balaban J connectivity index is 1.91. The fourth-order valence-corrected chi connectivity index (χ4v) is 2.71. The average molecular weight is 329 g/mol. The van der Waals surface area contributed by atoms with E-state index in [4.69, 9.17) is 0 Å². The Bertz CT molecular complexity index is 778. The summed E-state index contributed by atoms with van der Waals surface area (Å²) in [5.74, 6) is -1.35. The summed E-state index contributed by atoms with van der Waals surface area (Å²) in [5.41, 5.74) is 0.218. The predicted octanol–water partition coefficient (Wildman–Crippen LogP) is 3.49. The zero-order valence-corrected chi connectivity index (χ0v) is 13.1. The lowest BCUT2D eigenvalue weighted by atomic mass is 10.1. The number of benzene rings is 1. The van der Waals surface area contributed by atoms with Crippen LogP contribution < -0.4 is 0 Å². The van der Waals surface area contributed by atoms with Crippen LogP contribution >= 0.6 is 0 Å².